The Hall–Kier alpha value is -2.85. The summed E-state index contributed by atoms with van der Waals surface area (Å²) in [6.45, 7) is -0.112. The Kier molecular flexibility index (Phi) is 6.83. The van der Waals surface area contributed by atoms with E-state index < -0.39 is 39.7 Å². The third-order valence-corrected chi connectivity index (χ3v) is 11.1. The van der Waals surface area contributed by atoms with E-state index in [1.54, 1.807) is 24.3 Å². The Morgan fingerprint density at radius 1 is 1.30 bits per heavy atom. The molecule has 4 heterocycles. The number of hydrogen-bond donors (Lipinski definition) is 4. The summed E-state index contributed by atoms with van der Waals surface area (Å²) in [6.07, 6.45) is 0. The Balaban J connectivity index is 1.32. The third kappa shape index (κ3) is 4.54. The van der Waals surface area contributed by atoms with Crippen molar-refractivity contribution in [1.82, 2.24) is 15.2 Å². The predicted octanol–water partition coefficient (Wildman–Crippen LogP) is 2.15. The van der Waals surface area contributed by atoms with Gasteiger partial charge in [0.15, 0.2) is 16.3 Å². The number of amides is 2. The van der Waals surface area contributed by atoms with Crippen molar-refractivity contribution < 1.29 is 24.7 Å². The fraction of sp³-hybridized carbons (Fsp3) is 0.238. The molecule has 11 nitrogen and oxygen atoms in total. The first-order chi connectivity index (χ1) is 17.6. The van der Waals surface area contributed by atoms with Crippen LogP contribution >= 0.6 is 57.8 Å². The Morgan fingerprint density at radius 2 is 2.05 bits per heavy atom. The number of thioether (sulfide) groups is 2. The maximum absolute atomic E-state index is 12.9. The van der Waals surface area contributed by atoms with Crippen molar-refractivity contribution in [3.05, 3.63) is 50.6 Å². The molecular weight excluding hydrogens is 582 g/mol. The number of rotatable bonds is 6. The molecule has 2 saturated heterocycles. The van der Waals surface area contributed by atoms with Gasteiger partial charge in [-0.2, -0.15) is 0 Å². The molecule has 3 atom stereocenters. The van der Waals surface area contributed by atoms with E-state index in [-0.39, 0.29) is 32.9 Å². The van der Waals surface area contributed by atoms with E-state index in [2.05, 4.69) is 15.5 Å². The molecule has 3 aromatic rings. The van der Waals surface area contributed by atoms with Gasteiger partial charge in [0.05, 0.1) is 4.21 Å². The number of nitrogen functional groups attached to an aromatic ring is 1. The number of aliphatic carboxylic acids is 1. The first kappa shape index (κ1) is 25.8. The summed E-state index contributed by atoms with van der Waals surface area (Å²) in [5.41, 5.74) is 4.78. The van der Waals surface area contributed by atoms with E-state index in [4.69, 9.17) is 17.3 Å². The molecule has 2 amide bonds. The van der Waals surface area contributed by atoms with Crippen LogP contribution in [0.3, 0.4) is 0 Å². The Labute approximate surface area is 229 Å². The molecule has 0 aliphatic carbocycles. The molecule has 37 heavy (non-hydrogen) atoms. The zero-order chi connectivity index (χ0) is 26.5. The minimum absolute atomic E-state index is 0.0494. The number of nitrogens with two attached hydrogens (primary N) is 1. The number of thiazole rings is 1. The van der Waals surface area contributed by atoms with Gasteiger partial charge in [0.2, 0.25) is 5.91 Å². The summed E-state index contributed by atoms with van der Waals surface area (Å²) in [4.78, 5) is 55.9. The van der Waals surface area contributed by atoms with Crippen molar-refractivity contribution in [3.8, 4) is 0 Å². The van der Waals surface area contributed by atoms with E-state index in [0.29, 0.717) is 9.60 Å². The number of anilines is 1. The number of oxime groups is 1. The van der Waals surface area contributed by atoms with E-state index >= 15 is 0 Å². The van der Waals surface area contributed by atoms with Gasteiger partial charge in [-0.25, -0.2) is 4.98 Å². The van der Waals surface area contributed by atoms with Crippen LogP contribution in [0.2, 0.25) is 4.34 Å². The number of hydrogen-bond acceptors (Lipinski definition) is 12. The highest BCUT2D eigenvalue weighted by atomic mass is 35.5. The monoisotopic (exact) mass is 597 g/mol. The smallest absolute Gasteiger partial charge is 0.322 e. The fourth-order valence-electron chi connectivity index (χ4n) is 3.98. The van der Waals surface area contributed by atoms with Crippen molar-refractivity contribution >= 4 is 96.5 Å². The largest absolute Gasteiger partial charge is 0.480 e. The van der Waals surface area contributed by atoms with Crippen LogP contribution in [0.25, 0.3) is 10.1 Å². The van der Waals surface area contributed by atoms with Crippen LogP contribution < -0.4 is 16.5 Å². The molecule has 2 unspecified atom stereocenters. The Morgan fingerprint density at radius 3 is 2.73 bits per heavy atom. The highest BCUT2D eigenvalue weighted by molar-refractivity contribution is 8.06. The average molecular weight is 598 g/mol. The van der Waals surface area contributed by atoms with Crippen molar-refractivity contribution in [2.75, 3.05) is 18.0 Å². The molecule has 1 aromatic carbocycles. The number of β-lactam (4-membered cyclic amide) rings is 1. The molecule has 0 spiro atoms. The second-order valence-corrected chi connectivity index (χ2v) is 13.6. The number of aromatic nitrogens is 1. The quantitative estimate of drug-likeness (QED) is 0.142. The lowest BCUT2D eigenvalue weighted by Crippen LogP contribution is -2.74. The predicted molar refractivity (Wildman–Crippen MR) is 144 cm³/mol. The van der Waals surface area contributed by atoms with Crippen molar-refractivity contribution in [2.24, 2.45) is 5.16 Å². The van der Waals surface area contributed by atoms with Gasteiger partial charge in [0, 0.05) is 28.5 Å². The molecule has 2 aliphatic rings. The summed E-state index contributed by atoms with van der Waals surface area (Å²) in [7, 11) is 0. The molecule has 192 valence electrons. The zero-order valence-corrected chi connectivity index (χ0v) is 22.4. The summed E-state index contributed by atoms with van der Waals surface area (Å²) < 4.78 is -0.0642. The lowest BCUT2D eigenvalue weighted by molar-refractivity contribution is -0.151. The van der Waals surface area contributed by atoms with Crippen LogP contribution in [0, 0.1) is 0 Å². The third-order valence-electron chi connectivity index (χ3n) is 5.78. The number of nitrogens with one attached hydrogen (secondary N) is 1. The maximum Gasteiger partial charge on any atom is 0.322 e. The van der Waals surface area contributed by atoms with Gasteiger partial charge in [0.1, 0.15) is 26.2 Å². The highest BCUT2D eigenvalue weighted by Crippen LogP contribution is 2.47. The van der Waals surface area contributed by atoms with E-state index in [1.807, 2.05) is 0 Å². The summed E-state index contributed by atoms with van der Waals surface area (Å²) >= 11 is 10.5. The number of carboxylic acid groups (broad SMARTS) is 1. The summed E-state index contributed by atoms with van der Waals surface area (Å²) in [6, 6.07) is 7.55. The molecule has 0 radical (unpaired) electrons. The number of halogens is 1. The molecule has 0 bridgehead atoms. The Bertz CT molecular complexity index is 1540. The average Bonchev–Trinajstić information content (AvgIpc) is 3.20. The molecule has 2 fully saturated rings. The standard InChI is InChI=1S/C21H16ClN5O6S4/c22-15-12(25-20(23)36-15)13(26-33)16(29)24-14-17(30)27-6-21(19(31)32,7-34-18(14)27)37-11-5-9(28)8-3-1-2-4-10(8)35-11/h1-5,14,18,33H,6-7H2,(H2,23,25)(H,24,29)(H,31,32)/t14?,18-,21?/m1/s1. The van der Waals surface area contributed by atoms with Crippen LogP contribution in [0.4, 0.5) is 5.13 Å². The lowest BCUT2D eigenvalue weighted by Gasteiger charge is -2.53. The van der Waals surface area contributed by atoms with Crippen LogP contribution in [0.5, 0.6) is 0 Å². The number of benzene rings is 1. The topological polar surface area (TPSA) is 175 Å². The molecule has 16 heteroatoms. The van der Waals surface area contributed by atoms with Crippen molar-refractivity contribution in [3.63, 3.8) is 0 Å². The maximum atomic E-state index is 12.9. The first-order valence-electron chi connectivity index (χ1n) is 10.5. The molecule has 5 N–H and O–H groups in total. The van der Waals surface area contributed by atoms with Crippen LogP contribution in [-0.4, -0.2) is 72.2 Å². The van der Waals surface area contributed by atoms with E-state index in [9.17, 15) is 29.5 Å². The van der Waals surface area contributed by atoms with E-state index in [0.717, 1.165) is 27.8 Å². The summed E-state index contributed by atoms with van der Waals surface area (Å²) in [5.74, 6) is -2.35. The number of nitrogens with zero attached hydrogens (tertiary/aromatic N) is 3. The van der Waals surface area contributed by atoms with Gasteiger partial charge in [-0.1, -0.05) is 52.0 Å². The fourth-order valence-corrected chi connectivity index (χ4v) is 9.31. The number of fused-ring (bicyclic) bond motifs is 2. The minimum Gasteiger partial charge on any atom is -0.480 e. The zero-order valence-electron chi connectivity index (χ0n) is 18.4. The minimum atomic E-state index is -1.39. The van der Waals surface area contributed by atoms with Gasteiger partial charge in [0.25, 0.3) is 5.91 Å². The van der Waals surface area contributed by atoms with Crippen LogP contribution in [-0.2, 0) is 14.4 Å². The van der Waals surface area contributed by atoms with Gasteiger partial charge in [-0.15, -0.1) is 23.1 Å². The van der Waals surface area contributed by atoms with Gasteiger partial charge in [-0.3, -0.25) is 19.2 Å². The number of carbonyl (C=O) groups excluding carboxylic acids is 2. The molecule has 2 aromatic heterocycles. The van der Waals surface area contributed by atoms with Crippen molar-refractivity contribution in [1.29, 1.82) is 0 Å². The van der Waals surface area contributed by atoms with Gasteiger partial charge in [-0.05, 0) is 12.1 Å². The van der Waals surface area contributed by atoms with Crippen molar-refractivity contribution in [2.45, 2.75) is 20.4 Å². The van der Waals surface area contributed by atoms with E-state index in [1.165, 1.54) is 34.1 Å². The second kappa shape index (κ2) is 9.79. The SMILES string of the molecule is Nc1nc(C(=NO)C(=O)NC2C(=O)N3CC(Sc4cc(=O)c5ccccc5s4)(C(=O)O)CS[C@H]23)c(Cl)s1. The first-order valence-corrected chi connectivity index (χ1v) is 14.3. The normalized spacial score (nSPS) is 23.4. The second-order valence-electron chi connectivity index (χ2n) is 8.07. The number of carboxylic acids is 1. The molecule has 5 rings (SSSR count). The van der Waals surface area contributed by atoms with Gasteiger partial charge < -0.3 is 26.3 Å². The molecular formula is C21H16ClN5O6S4. The molecule has 0 saturated carbocycles. The molecule has 2 aliphatic heterocycles. The van der Waals surface area contributed by atoms with Gasteiger partial charge >= 0.3 is 5.97 Å². The lowest BCUT2D eigenvalue weighted by atomic mass is 10.0. The van der Waals surface area contributed by atoms with Crippen LogP contribution in [0.15, 0.2) is 44.5 Å². The van der Waals surface area contributed by atoms with Crippen LogP contribution in [0.1, 0.15) is 5.69 Å². The summed E-state index contributed by atoms with van der Waals surface area (Å²) in [5, 5.41) is 25.1. The number of carbonyl (C=O) groups is 3. The highest BCUT2D eigenvalue weighted by Gasteiger charge is 2.58.